The van der Waals surface area contributed by atoms with Gasteiger partial charge in [-0.05, 0) is 62.7 Å². The largest absolute Gasteiger partial charge is 0.380 e. The summed E-state index contributed by atoms with van der Waals surface area (Å²) >= 11 is 0. The van der Waals surface area contributed by atoms with Crippen LogP contribution in [0.3, 0.4) is 0 Å². The lowest BCUT2D eigenvalue weighted by molar-refractivity contribution is 0.00465. The number of ether oxygens (including phenoxy) is 1. The number of pyridine rings is 2. The van der Waals surface area contributed by atoms with Gasteiger partial charge in [0.1, 0.15) is 17.9 Å². The van der Waals surface area contributed by atoms with Crippen LogP contribution in [0.2, 0.25) is 0 Å². The lowest BCUT2D eigenvalue weighted by atomic mass is 10.1. The van der Waals surface area contributed by atoms with E-state index in [0.29, 0.717) is 17.5 Å². The van der Waals surface area contributed by atoms with E-state index in [1.165, 1.54) is 30.5 Å². The van der Waals surface area contributed by atoms with Crippen LogP contribution < -0.4 is 5.32 Å². The van der Waals surface area contributed by atoms with Gasteiger partial charge in [-0.1, -0.05) is 12.2 Å². The third-order valence-corrected chi connectivity index (χ3v) is 6.21. The molecule has 3 aromatic rings. The van der Waals surface area contributed by atoms with E-state index in [1.807, 2.05) is 29.9 Å². The number of anilines is 1. The van der Waals surface area contributed by atoms with Crippen molar-refractivity contribution < 1.29 is 9.53 Å². The summed E-state index contributed by atoms with van der Waals surface area (Å²) in [5.74, 6) is 2.35. The van der Waals surface area contributed by atoms with E-state index in [1.54, 1.807) is 12.3 Å². The molecule has 2 aliphatic rings. The van der Waals surface area contributed by atoms with E-state index in [4.69, 9.17) is 4.74 Å². The molecule has 7 nitrogen and oxygen atoms in total. The standard InChI is InChI=1S/C14H21N3.C11H10N2O2/c1-11-9-14(15-2)16-10-12(11)6-7-13-5-4-8-17(13)3;14-5-8-1-2-13-10(3-8)4-12-11(13)9-6-15-7-9/h6-7,9-10,13H,4-5,8H2,1-3H3,(H,15,16);1-5,9H,6-7H2/b7-6+;. The van der Waals surface area contributed by atoms with Gasteiger partial charge in [-0.25, -0.2) is 9.97 Å². The molecule has 0 amide bonds. The van der Waals surface area contributed by atoms with Gasteiger partial charge >= 0.3 is 0 Å². The number of imidazole rings is 1. The van der Waals surface area contributed by atoms with Gasteiger partial charge in [0.2, 0.25) is 0 Å². The predicted octanol–water partition coefficient (Wildman–Crippen LogP) is 3.80. The van der Waals surface area contributed by atoms with Crippen LogP contribution in [0.25, 0.3) is 11.6 Å². The minimum atomic E-state index is 0.398. The third-order valence-electron chi connectivity index (χ3n) is 6.21. The Morgan fingerprint density at radius 3 is 2.69 bits per heavy atom. The van der Waals surface area contributed by atoms with Crippen molar-refractivity contribution in [3.8, 4) is 0 Å². The zero-order chi connectivity index (χ0) is 22.5. The molecular weight excluding hydrogens is 402 g/mol. The summed E-state index contributed by atoms with van der Waals surface area (Å²) in [7, 11) is 4.09. The minimum absolute atomic E-state index is 0.398. The summed E-state index contributed by atoms with van der Waals surface area (Å²) in [6, 6.07) is 6.31. The minimum Gasteiger partial charge on any atom is -0.380 e. The van der Waals surface area contributed by atoms with Crippen molar-refractivity contribution in [1.82, 2.24) is 19.3 Å². The van der Waals surface area contributed by atoms with Crippen molar-refractivity contribution in [2.24, 2.45) is 0 Å². The van der Waals surface area contributed by atoms with Crippen molar-refractivity contribution in [2.75, 3.05) is 39.2 Å². The average molecular weight is 434 g/mol. The Morgan fingerprint density at radius 1 is 1.22 bits per heavy atom. The molecule has 168 valence electrons. The predicted molar refractivity (Wildman–Crippen MR) is 127 cm³/mol. The van der Waals surface area contributed by atoms with Crippen LogP contribution in [0.5, 0.6) is 0 Å². The molecule has 32 heavy (non-hydrogen) atoms. The van der Waals surface area contributed by atoms with E-state index in [9.17, 15) is 4.79 Å². The molecule has 5 rings (SSSR count). The molecule has 2 saturated heterocycles. The summed E-state index contributed by atoms with van der Waals surface area (Å²) in [4.78, 5) is 21.7. The lowest BCUT2D eigenvalue weighted by Crippen LogP contribution is -2.27. The van der Waals surface area contributed by atoms with Gasteiger partial charge in [-0.15, -0.1) is 0 Å². The summed E-state index contributed by atoms with van der Waals surface area (Å²) in [6.07, 6.45) is 13.5. The second-order valence-electron chi connectivity index (χ2n) is 8.45. The van der Waals surface area contributed by atoms with Crippen LogP contribution in [0.4, 0.5) is 5.82 Å². The highest BCUT2D eigenvalue weighted by molar-refractivity contribution is 5.77. The Labute approximate surface area is 189 Å². The molecule has 3 aromatic heterocycles. The fourth-order valence-corrected chi connectivity index (χ4v) is 4.07. The molecular formula is C25H31N5O2. The number of nitrogens with zero attached hydrogens (tertiary/aromatic N) is 4. The van der Waals surface area contributed by atoms with Crippen molar-refractivity contribution in [3.63, 3.8) is 0 Å². The van der Waals surface area contributed by atoms with Gasteiger partial charge < -0.3 is 14.5 Å². The first-order chi connectivity index (χ1) is 15.6. The second-order valence-corrected chi connectivity index (χ2v) is 8.45. The maximum absolute atomic E-state index is 10.6. The lowest BCUT2D eigenvalue weighted by Gasteiger charge is -2.24. The van der Waals surface area contributed by atoms with Crippen LogP contribution >= 0.6 is 0 Å². The van der Waals surface area contributed by atoms with Gasteiger partial charge in [0.05, 0.1) is 30.8 Å². The molecule has 2 fully saturated rings. The first-order valence-corrected chi connectivity index (χ1v) is 11.1. The Bertz CT molecular complexity index is 1100. The summed E-state index contributed by atoms with van der Waals surface area (Å²) < 4.78 is 7.16. The van der Waals surface area contributed by atoms with Crippen molar-refractivity contribution in [1.29, 1.82) is 0 Å². The Balaban J connectivity index is 0.000000154. The van der Waals surface area contributed by atoms with Crippen molar-refractivity contribution in [2.45, 2.75) is 31.7 Å². The number of rotatable bonds is 5. The van der Waals surface area contributed by atoms with E-state index in [-0.39, 0.29) is 0 Å². The first kappa shape index (κ1) is 22.2. The van der Waals surface area contributed by atoms with E-state index in [0.717, 1.165) is 36.7 Å². The Hall–Kier alpha value is -3.03. The molecule has 0 saturated carbocycles. The number of hydrogen-bond donors (Lipinski definition) is 1. The van der Waals surface area contributed by atoms with E-state index >= 15 is 0 Å². The van der Waals surface area contributed by atoms with E-state index < -0.39 is 0 Å². The normalized spacial score (nSPS) is 19.0. The third kappa shape index (κ3) is 4.89. The number of likely N-dealkylation sites (tertiary alicyclic amines) is 1. The van der Waals surface area contributed by atoms with Crippen molar-refractivity contribution in [3.05, 3.63) is 65.4 Å². The van der Waals surface area contributed by atoms with Gasteiger partial charge in [0, 0.05) is 31.0 Å². The molecule has 0 spiro atoms. The van der Waals surface area contributed by atoms with E-state index in [2.05, 4.69) is 52.4 Å². The van der Waals surface area contributed by atoms with Gasteiger partial charge in [-0.2, -0.15) is 0 Å². The number of nitrogens with one attached hydrogen (secondary N) is 1. The summed E-state index contributed by atoms with van der Waals surface area (Å²) in [6.45, 7) is 4.83. The Morgan fingerprint density at radius 2 is 2.06 bits per heavy atom. The molecule has 5 heterocycles. The molecule has 1 unspecified atom stereocenters. The molecule has 2 aliphatic heterocycles. The van der Waals surface area contributed by atoms with Gasteiger partial charge in [0.15, 0.2) is 0 Å². The molecule has 0 aliphatic carbocycles. The Kier molecular flexibility index (Phi) is 6.97. The van der Waals surface area contributed by atoms with Crippen LogP contribution in [0, 0.1) is 6.92 Å². The number of aryl methyl sites for hydroxylation is 1. The first-order valence-electron chi connectivity index (χ1n) is 11.1. The molecule has 1 N–H and O–H groups in total. The topological polar surface area (TPSA) is 71.8 Å². The molecule has 0 radical (unpaired) electrons. The zero-order valence-corrected chi connectivity index (χ0v) is 19.0. The van der Waals surface area contributed by atoms with Crippen LogP contribution in [0.1, 0.15) is 46.1 Å². The smallest absolute Gasteiger partial charge is 0.150 e. The fourth-order valence-electron chi connectivity index (χ4n) is 4.07. The SMILES string of the molecule is CNc1cc(C)c(/C=C/C2CCCN2C)cn1.O=Cc1ccn2c(C3COC3)ncc2c1. The van der Waals surface area contributed by atoms with Gasteiger partial charge in [0.25, 0.3) is 0 Å². The average Bonchev–Trinajstić information content (AvgIpc) is 3.37. The van der Waals surface area contributed by atoms with Crippen LogP contribution in [0.15, 0.2) is 42.9 Å². The fraction of sp³-hybridized carbons (Fsp3) is 0.400. The number of hydrogen-bond acceptors (Lipinski definition) is 6. The second kappa shape index (κ2) is 10.1. The quantitative estimate of drug-likeness (QED) is 0.617. The molecule has 0 aromatic carbocycles. The number of aromatic nitrogens is 3. The highest BCUT2D eigenvalue weighted by atomic mass is 16.5. The summed E-state index contributed by atoms with van der Waals surface area (Å²) in [5.41, 5.74) is 4.12. The highest BCUT2D eigenvalue weighted by Gasteiger charge is 2.24. The highest BCUT2D eigenvalue weighted by Crippen LogP contribution is 2.24. The van der Waals surface area contributed by atoms with Crippen LogP contribution in [-0.2, 0) is 4.74 Å². The van der Waals surface area contributed by atoms with Crippen LogP contribution in [-0.4, -0.2) is 65.5 Å². The number of fused-ring (bicyclic) bond motifs is 1. The zero-order valence-electron chi connectivity index (χ0n) is 19.0. The number of carbonyl (C=O) groups excluding carboxylic acids is 1. The monoisotopic (exact) mass is 433 g/mol. The number of likely N-dealkylation sites (N-methyl/N-ethyl adjacent to an activating group) is 1. The number of aldehydes is 1. The number of carbonyl (C=O) groups is 1. The molecule has 0 bridgehead atoms. The molecule has 1 atom stereocenters. The van der Waals surface area contributed by atoms with Crippen molar-refractivity contribution >= 4 is 23.7 Å². The molecule has 7 heteroatoms. The maximum atomic E-state index is 10.6. The van der Waals surface area contributed by atoms with Gasteiger partial charge in [-0.3, -0.25) is 9.69 Å². The summed E-state index contributed by atoms with van der Waals surface area (Å²) in [5, 5.41) is 3.06. The maximum Gasteiger partial charge on any atom is 0.150 e.